The Morgan fingerprint density at radius 1 is 1.40 bits per heavy atom. The van der Waals surface area contributed by atoms with E-state index in [9.17, 15) is 4.79 Å². The molecule has 1 aliphatic rings. The third-order valence-electron chi connectivity index (χ3n) is 3.78. The molecule has 84 valence electrons. The first-order valence-corrected chi connectivity index (χ1v) is 5.85. The molecule has 15 heavy (non-hydrogen) atoms. The van der Waals surface area contributed by atoms with Crippen molar-refractivity contribution in [3.05, 3.63) is 23.8 Å². The fourth-order valence-corrected chi connectivity index (χ4v) is 2.13. The van der Waals surface area contributed by atoms with Gasteiger partial charge in [0.1, 0.15) is 6.29 Å². The van der Waals surface area contributed by atoms with Crippen LogP contribution in [0.15, 0.2) is 23.8 Å². The van der Waals surface area contributed by atoms with E-state index >= 15 is 0 Å². The topological polar surface area (TPSA) is 17.1 Å². The minimum absolute atomic E-state index is 0.356. The largest absolute Gasteiger partial charge is 0.303 e. The van der Waals surface area contributed by atoms with Crippen LogP contribution in [0.3, 0.4) is 0 Å². The SMILES string of the molecule is CC1=CC[C@H](CC=CCCC=O)C1(C)C. The van der Waals surface area contributed by atoms with E-state index in [1.54, 1.807) is 0 Å². The highest BCUT2D eigenvalue weighted by molar-refractivity contribution is 5.49. The van der Waals surface area contributed by atoms with Gasteiger partial charge in [-0.25, -0.2) is 0 Å². The van der Waals surface area contributed by atoms with Crippen molar-refractivity contribution in [3.63, 3.8) is 0 Å². The molecule has 0 spiro atoms. The zero-order valence-electron chi connectivity index (χ0n) is 10.1. The van der Waals surface area contributed by atoms with Crippen LogP contribution in [0.4, 0.5) is 0 Å². The Morgan fingerprint density at radius 3 is 2.67 bits per heavy atom. The van der Waals surface area contributed by atoms with Crippen molar-refractivity contribution in [1.82, 2.24) is 0 Å². The average molecular weight is 206 g/mol. The van der Waals surface area contributed by atoms with Crippen LogP contribution in [0.25, 0.3) is 0 Å². The van der Waals surface area contributed by atoms with Crippen LogP contribution in [0, 0.1) is 11.3 Å². The Kier molecular flexibility index (Phi) is 4.31. The summed E-state index contributed by atoms with van der Waals surface area (Å²) in [4.78, 5) is 10.1. The number of hydrogen-bond acceptors (Lipinski definition) is 1. The Labute approximate surface area is 93.3 Å². The smallest absolute Gasteiger partial charge is 0.120 e. The number of unbranched alkanes of at least 4 members (excludes halogenated alkanes) is 1. The standard InChI is InChI=1S/C14H22O/c1-12-9-10-13(14(12,2)3)8-6-4-5-7-11-15/h4,6,9,11,13H,5,7-8,10H2,1-3H3/t13-/m0/s1. The number of allylic oxidation sites excluding steroid dienone is 4. The van der Waals surface area contributed by atoms with Gasteiger partial charge >= 0.3 is 0 Å². The average Bonchev–Trinajstić information content (AvgIpc) is 2.44. The molecule has 0 N–H and O–H groups in total. The van der Waals surface area contributed by atoms with E-state index in [2.05, 4.69) is 39.0 Å². The molecule has 0 fully saturated rings. The molecule has 0 amide bonds. The molecule has 0 aromatic carbocycles. The third-order valence-corrected chi connectivity index (χ3v) is 3.78. The van der Waals surface area contributed by atoms with Crippen molar-refractivity contribution >= 4 is 6.29 Å². The summed E-state index contributed by atoms with van der Waals surface area (Å²) in [6.07, 6.45) is 11.6. The first-order valence-electron chi connectivity index (χ1n) is 5.85. The zero-order chi connectivity index (χ0) is 11.3. The van der Waals surface area contributed by atoms with Crippen LogP contribution in [-0.4, -0.2) is 6.29 Å². The predicted molar refractivity (Wildman–Crippen MR) is 64.7 cm³/mol. The maximum Gasteiger partial charge on any atom is 0.120 e. The molecule has 0 radical (unpaired) electrons. The van der Waals surface area contributed by atoms with E-state index in [4.69, 9.17) is 0 Å². The third kappa shape index (κ3) is 3.05. The van der Waals surface area contributed by atoms with Gasteiger partial charge in [0.15, 0.2) is 0 Å². The van der Waals surface area contributed by atoms with Crippen LogP contribution < -0.4 is 0 Å². The molecule has 1 nitrogen and oxygen atoms in total. The molecule has 0 aliphatic heterocycles. The van der Waals surface area contributed by atoms with Crippen molar-refractivity contribution in [2.45, 2.75) is 46.5 Å². The molecule has 0 saturated carbocycles. The first kappa shape index (κ1) is 12.2. The van der Waals surface area contributed by atoms with Crippen LogP contribution in [0.2, 0.25) is 0 Å². The summed E-state index contributed by atoms with van der Waals surface area (Å²) in [7, 11) is 0. The molecular weight excluding hydrogens is 184 g/mol. The Balaban J connectivity index is 2.35. The van der Waals surface area contributed by atoms with Crippen LogP contribution >= 0.6 is 0 Å². The second kappa shape index (κ2) is 5.29. The lowest BCUT2D eigenvalue weighted by atomic mass is 9.76. The van der Waals surface area contributed by atoms with Crippen LogP contribution in [-0.2, 0) is 4.79 Å². The van der Waals surface area contributed by atoms with Gasteiger partial charge in [0.2, 0.25) is 0 Å². The van der Waals surface area contributed by atoms with Gasteiger partial charge in [0.05, 0.1) is 0 Å². The van der Waals surface area contributed by atoms with Crippen molar-refractivity contribution in [3.8, 4) is 0 Å². The number of hydrogen-bond donors (Lipinski definition) is 0. The lowest BCUT2D eigenvalue weighted by Crippen LogP contribution is -2.19. The molecule has 1 aliphatic carbocycles. The van der Waals surface area contributed by atoms with E-state index in [1.807, 2.05) is 0 Å². The number of carbonyl (C=O) groups excluding carboxylic acids is 1. The molecule has 1 atom stereocenters. The lowest BCUT2D eigenvalue weighted by molar-refractivity contribution is -0.107. The predicted octanol–water partition coefficient (Wildman–Crippen LogP) is 3.90. The maximum absolute atomic E-state index is 10.1. The molecule has 1 heteroatoms. The van der Waals surface area contributed by atoms with Gasteiger partial charge in [-0.1, -0.05) is 37.6 Å². The maximum atomic E-state index is 10.1. The molecule has 0 bridgehead atoms. The highest BCUT2D eigenvalue weighted by Gasteiger charge is 2.33. The van der Waals surface area contributed by atoms with Gasteiger partial charge in [-0.2, -0.15) is 0 Å². The zero-order valence-corrected chi connectivity index (χ0v) is 10.1. The Morgan fingerprint density at radius 2 is 2.13 bits per heavy atom. The fraction of sp³-hybridized carbons (Fsp3) is 0.643. The summed E-state index contributed by atoms with van der Waals surface area (Å²) < 4.78 is 0. The highest BCUT2D eigenvalue weighted by Crippen LogP contribution is 2.44. The summed E-state index contributed by atoms with van der Waals surface area (Å²) in [5.41, 5.74) is 1.88. The van der Waals surface area contributed by atoms with E-state index < -0.39 is 0 Å². The Hall–Kier alpha value is -0.850. The summed E-state index contributed by atoms with van der Waals surface area (Å²) in [6.45, 7) is 6.89. The molecule has 0 saturated heterocycles. The lowest BCUT2D eigenvalue weighted by Gasteiger charge is -2.28. The molecular formula is C14H22O. The Bertz CT molecular complexity index is 271. The van der Waals surface area contributed by atoms with Crippen LogP contribution in [0.5, 0.6) is 0 Å². The van der Waals surface area contributed by atoms with E-state index in [0.29, 0.717) is 11.8 Å². The molecule has 0 unspecified atom stereocenters. The number of carbonyl (C=O) groups is 1. The van der Waals surface area contributed by atoms with Gasteiger partial charge in [-0.3, -0.25) is 0 Å². The summed E-state index contributed by atoms with van der Waals surface area (Å²) in [6, 6.07) is 0. The highest BCUT2D eigenvalue weighted by atomic mass is 16.1. The van der Waals surface area contributed by atoms with Crippen LogP contribution in [0.1, 0.15) is 46.5 Å². The van der Waals surface area contributed by atoms with E-state index in [-0.39, 0.29) is 0 Å². The van der Waals surface area contributed by atoms with Gasteiger partial charge in [-0.05, 0) is 37.5 Å². The summed E-state index contributed by atoms with van der Waals surface area (Å²) >= 11 is 0. The van der Waals surface area contributed by atoms with Gasteiger partial charge < -0.3 is 4.79 Å². The fourth-order valence-electron chi connectivity index (χ4n) is 2.13. The molecule has 0 aromatic heterocycles. The number of aldehydes is 1. The van der Waals surface area contributed by atoms with E-state index in [1.165, 1.54) is 12.0 Å². The monoisotopic (exact) mass is 206 g/mol. The first-order chi connectivity index (χ1) is 7.09. The number of rotatable bonds is 5. The van der Waals surface area contributed by atoms with Gasteiger partial charge in [0.25, 0.3) is 0 Å². The summed E-state index contributed by atoms with van der Waals surface area (Å²) in [5.74, 6) is 0.741. The normalized spacial score (nSPS) is 24.5. The van der Waals surface area contributed by atoms with Crippen molar-refractivity contribution in [2.24, 2.45) is 11.3 Å². The van der Waals surface area contributed by atoms with E-state index in [0.717, 1.165) is 25.0 Å². The van der Waals surface area contributed by atoms with Crippen molar-refractivity contribution in [1.29, 1.82) is 0 Å². The van der Waals surface area contributed by atoms with Crippen molar-refractivity contribution in [2.75, 3.05) is 0 Å². The molecule has 0 aromatic rings. The second-order valence-corrected chi connectivity index (χ2v) is 4.99. The molecule has 1 rings (SSSR count). The summed E-state index contributed by atoms with van der Waals surface area (Å²) in [5, 5.41) is 0. The quantitative estimate of drug-likeness (QED) is 0.379. The minimum atomic E-state index is 0.356. The second-order valence-electron chi connectivity index (χ2n) is 4.99. The minimum Gasteiger partial charge on any atom is -0.303 e. The van der Waals surface area contributed by atoms with Crippen molar-refractivity contribution < 1.29 is 4.79 Å². The van der Waals surface area contributed by atoms with Gasteiger partial charge in [-0.15, -0.1) is 0 Å². The molecule has 0 heterocycles. The van der Waals surface area contributed by atoms with Gasteiger partial charge in [0, 0.05) is 6.42 Å².